The smallest absolute Gasteiger partial charge is 0.129 e. The predicted octanol–water partition coefficient (Wildman–Crippen LogP) is 1.39. The monoisotopic (exact) mass is 277 g/mol. The third-order valence-electron chi connectivity index (χ3n) is 1.91. The minimum atomic E-state index is -0.0981. The second-order valence-electron chi connectivity index (χ2n) is 2.73. The zero-order valence-corrected chi connectivity index (χ0v) is 8.41. The number of phenols is 1. The number of ether oxygens (including phenoxy) is 1. The third-order valence-corrected chi connectivity index (χ3v) is 3.04. The van der Waals surface area contributed by atoms with Gasteiger partial charge in [-0.2, -0.15) is 0 Å². The average molecular weight is 277 g/mol. The van der Waals surface area contributed by atoms with E-state index in [4.69, 9.17) is 10.5 Å². The zero-order valence-electron chi connectivity index (χ0n) is 6.25. The molecule has 1 heterocycles. The number of phenolic OH excluding ortho intramolecular Hbond substituents is 1. The van der Waals surface area contributed by atoms with E-state index in [1.807, 2.05) is 0 Å². The molecule has 3 nitrogen and oxygen atoms in total. The van der Waals surface area contributed by atoms with Gasteiger partial charge >= 0.3 is 0 Å². The number of hydrogen-bond donors (Lipinski definition) is 2. The summed E-state index contributed by atoms with van der Waals surface area (Å²) < 4.78 is 6.11. The van der Waals surface area contributed by atoms with Crippen molar-refractivity contribution < 1.29 is 9.84 Å². The maximum absolute atomic E-state index is 9.38. The normalized spacial score (nSPS) is 20.3. The Balaban J connectivity index is 2.63. The van der Waals surface area contributed by atoms with Crippen molar-refractivity contribution in [3.63, 3.8) is 0 Å². The molecular weight excluding hydrogens is 269 g/mol. The van der Waals surface area contributed by atoms with Crippen LogP contribution in [0.1, 0.15) is 11.6 Å². The first-order valence-corrected chi connectivity index (χ1v) is 4.68. The molecule has 0 fully saturated rings. The Hall–Kier alpha value is -0.490. The molecule has 1 aliphatic heterocycles. The Bertz CT molecular complexity index is 327. The summed E-state index contributed by atoms with van der Waals surface area (Å²) >= 11 is 2.08. The first-order chi connectivity index (χ1) is 5.70. The molecule has 3 N–H and O–H groups in total. The Morgan fingerprint density at radius 3 is 3.08 bits per heavy atom. The SMILES string of the molecule is NC1COc2ccc(O)c(I)c21. The van der Waals surface area contributed by atoms with Gasteiger partial charge in [-0.3, -0.25) is 0 Å². The van der Waals surface area contributed by atoms with E-state index in [1.165, 1.54) is 0 Å². The van der Waals surface area contributed by atoms with Gasteiger partial charge in [-0.1, -0.05) is 0 Å². The van der Waals surface area contributed by atoms with Crippen molar-refractivity contribution in [2.24, 2.45) is 5.73 Å². The number of hydrogen-bond acceptors (Lipinski definition) is 3. The van der Waals surface area contributed by atoms with Crippen LogP contribution in [-0.2, 0) is 0 Å². The second kappa shape index (κ2) is 2.77. The van der Waals surface area contributed by atoms with Gasteiger partial charge in [0.25, 0.3) is 0 Å². The van der Waals surface area contributed by atoms with Crippen LogP contribution >= 0.6 is 22.6 Å². The maximum Gasteiger partial charge on any atom is 0.129 e. The van der Waals surface area contributed by atoms with Crippen molar-refractivity contribution in [3.05, 3.63) is 21.3 Å². The van der Waals surface area contributed by atoms with Crippen LogP contribution < -0.4 is 10.5 Å². The molecule has 0 saturated heterocycles. The van der Waals surface area contributed by atoms with E-state index in [0.717, 1.165) is 14.9 Å². The summed E-state index contributed by atoms with van der Waals surface area (Å²) in [7, 11) is 0. The molecule has 0 aliphatic carbocycles. The average Bonchev–Trinajstić information content (AvgIpc) is 2.41. The highest BCUT2D eigenvalue weighted by Gasteiger charge is 2.24. The van der Waals surface area contributed by atoms with Gasteiger partial charge in [0, 0.05) is 5.56 Å². The predicted molar refractivity (Wildman–Crippen MR) is 53.2 cm³/mol. The van der Waals surface area contributed by atoms with Crippen LogP contribution in [0.2, 0.25) is 0 Å². The van der Waals surface area contributed by atoms with Gasteiger partial charge in [-0.15, -0.1) is 0 Å². The van der Waals surface area contributed by atoms with Crippen molar-refractivity contribution in [1.82, 2.24) is 0 Å². The minimum Gasteiger partial charge on any atom is -0.507 e. The first-order valence-electron chi connectivity index (χ1n) is 3.60. The molecule has 0 spiro atoms. The van der Waals surface area contributed by atoms with Crippen LogP contribution in [0, 0.1) is 3.57 Å². The molecular formula is C8H8INO2. The molecule has 1 unspecified atom stereocenters. The van der Waals surface area contributed by atoms with E-state index in [9.17, 15) is 5.11 Å². The van der Waals surface area contributed by atoms with Crippen LogP contribution in [0.25, 0.3) is 0 Å². The highest BCUT2D eigenvalue weighted by atomic mass is 127. The Morgan fingerprint density at radius 1 is 1.58 bits per heavy atom. The van der Waals surface area contributed by atoms with Gasteiger partial charge < -0.3 is 15.6 Å². The number of fused-ring (bicyclic) bond motifs is 1. The molecule has 0 radical (unpaired) electrons. The highest BCUT2D eigenvalue weighted by Crippen LogP contribution is 2.38. The minimum absolute atomic E-state index is 0.0981. The molecule has 2 rings (SSSR count). The van der Waals surface area contributed by atoms with Gasteiger partial charge in [0.05, 0.1) is 9.61 Å². The lowest BCUT2D eigenvalue weighted by molar-refractivity contribution is 0.333. The van der Waals surface area contributed by atoms with Crippen LogP contribution in [-0.4, -0.2) is 11.7 Å². The van der Waals surface area contributed by atoms with E-state index < -0.39 is 0 Å². The maximum atomic E-state index is 9.38. The van der Waals surface area contributed by atoms with Gasteiger partial charge in [0.1, 0.15) is 18.1 Å². The fourth-order valence-electron chi connectivity index (χ4n) is 1.30. The van der Waals surface area contributed by atoms with E-state index in [2.05, 4.69) is 22.6 Å². The van der Waals surface area contributed by atoms with Crippen LogP contribution in [0.5, 0.6) is 11.5 Å². The fraction of sp³-hybridized carbons (Fsp3) is 0.250. The summed E-state index contributed by atoms with van der Waals surface area (Å²) in [5, 5.41) is 9.38. The van der Waals surface area contributed by atoms with Crippen LogP contribution in [0.4, 0.5) is 0 Å². The van der Waals surface area contributed by atoms with Crippen LogP contribution in [0.3, 0.4) is 0 Å². The number of rotatable bonds is 0. The molecule has 1 aromatic rings. The Morgan fingerprint density at radius 2 is 2.33 bits per heavy atom. The number of nitrogens with two attached hydrogens (primary N) is 1. The quantitative estimate of drug-likeness (QED) is 0.704. The van der Waals surface area contributed by atoms with E-state index in [0.29, 0.717) is 6.61 Å². The van der Waals surface area contributed by atoms with E-state index >= 15 is 0 Å². The van der Waals surface area contributed by atoms with Gasteiger partial charge in [0.15, 0.2) is 0 Å². The van der Waals surface area contributed by atoms with Gasteiger partial charge in [-0.05, 0) is 34.7 Å². The number of aromatic hydroxyl groups is 1. The molecule has 0 bridgehead atoms. The Kier molecular flexibility index (Phi) is 1.88. The molecule has 1 aromatic carbocycles. The summed E-state index contributed by atoms with van der Waals surface area (Å²) in [6.45, 7) is 0.509. The largest absolute Gasteiger partial charge is 0.507 e. The van der Waals surface area contributed by atoms with Crippen molar-refractivity contribution in [1.29, 1.82) is 0 Å². The lowest BCUT2D eigenvalue weighted by Crippen LogP contribution is -2.11. The lowest BCUT2D eigenvalue weighted by Gasteiger charge is -2.05. The highest BCUT2D eigenvalue weighted by molar-refractivity contribution is 14.1. The van der Waals surface area contributed by atoms with Crippen molar-refractivity contribution >= 4 is 22.6 Å². The summed E-state index contributed by atoms with van der Waals surface area (Å²) in [5.41, 5.74) is 6.70. The van der Waals surface area contributed by atoms with Crippen molar-refractivity contribution in [3.8, 4) is 11.5 Å². The molecule has 0 saturated carbocycles. The topological polar surface area (TPSA) is 55.5 Å². The molecule has 0 amide bonds. The van der Waals surface area contributed by atoms with Crippen LogP contribution in [0.15, 0.2) is 12.1 Å². The summed E-state index contributed by atoms with van der Waals surface area (Å²) in [4.78, 5) is 0. The second-order valence-corrected chi connectivity index (χ2v) is 3.81. The summed E-state index contributed by atoms with van der Waals surface area (Å²) in [5.74, 6) is 1.07. The zero-order chi connectivity index (χ0) is 8.72. The lowest BCUT2D eigenvalue weighted by atomic mass is 10.1. The fourth-order valence-corrected chi connectivity index (χ4v) is 2.14. The molecule has 1 aliphatic rings. The molecule has 64 valence electrons. The summed E-state index contributed by atoms with van der Waals surface area (Å²) in [6, 6.07) is 3.28. The molecule has 12 heavy (non-hydrogen) atoms. The van der Waals surface area contributed by atoms with E-state index in [1.54, 1.807) is 12.1 Å². The van der Waals surface area contributed by atoms with Crippen molar-refractivity contribution in [2.75, 3.05) is 6.61 Å². The first kappa shape index (κ1) is 8.12. The number of halogens is 1. The third kappa shape index (κ3) is 1.06. The standard InChI is InChI=1S/C8H8INO2/c9-8-5(11)1-2-6-7(8)4(10)3-12-6/h1-2,4,11H,3,10H2. The molecule has 1 atom stereocenters. The van der Waals surface area contributed by atoms with E-state index in [-0.39, 0.29) is 11.8 Å². The summed E-state index contributed by atoms with van der Waals surface area (Å²) in [6.07, 6.45) is 0. The van der Waals surface area contributed by atoms with Gasteiger partial charge in [0.2, 0.25) is 0 Å². The van der Waals surface area contributed by atoms with Gasteiger partial charge in [-0.25, -0.2) is 0 Å². The Labute approximate surface area is 83.7 Å². The molecule has 4 heteroatoms. The molecule has 0 aromatic heterocycles. The number of benzene rings is 1. The van der Waals surface area contributed by atoms with Crippen molar-refractivity contribution in [2.45, 2.75) is 6.04 Å².